The second-order valence-corrected chi connectivity index (χ2v) is 4.71. The van der Waals surface area contributed by atoms with Crippen molar-refractivity contribution in [3.05, 3.63) is 41.7 Å². The molecule has 0 saturated carbocycles. The van der Waals surface area contributed by atoms with Crippen LogP contribution in [0, 0.1) is 11.3 Å². The maximum atomic E-state index is 9.27. The van der Waals surface area contributed by atoms with Crippen molar-refractivity contribution in [2.75, 3.05) is 24.3 Å². The van der Waals surface area contributed by atoms with Crippen LogP contribution < -0.4 is 10.2 Å². The zero-order chi connectivity index (χ0) is 15.2. The van der Waals surface area contributed by atoms with Gasteiger partial charge < -0.3 is 10.2 Å². The number of benzene rings is 1. The Morgan fingerprint density at radius 3 is 2.71 bits per heavy atom. The van der Waals surface area contributed by atoms with Crippen molar-refractivity contribution in [2.24, 2.45) is 0 Å². The van der Waals surface area contributed by atoms with Crippen LogP contribution in [-0.4, -0.2) is 24.1 Å². The minimum Gasteiger partial charge on any atom is -0.373 e. The van der Waals surface area contributed by atoms with Crippen molar-refractivity contribution >= 4 is 17.3 Å². The third kappa shape index (κ3) is 2.95. The van der Waals surface area contributed by atoms with Gasteiger partial charge in [0.25, 0.3) is 0 Å². The van der Waals surface area contributed by atoms with E-state index in [-0.39, 0.29) is 0 Å². The molecular formula is C16H19N5. The van der Waals surface area contributed by atoms with Crippen LogP contribution in [0.4, 0.5) is 17.3 Å². The highest BCUT2D eigenvalue weighted by Crippen LogP contribution is 2.30. The largest absolute Gasteiger partial charge is 0.373 e. The zero-order valence-corrected chi connectivity index (χ0v) is 12.6. The summed E-state index contributed by atoms with van der Waals surface area (Å²) in [5, 5.41) is 12.4. The monoisotopic (exact) mass is 281 g/mol. The van der Waals surface area contributed by atoms with E-state index in [4.69, 9.17) is 0 Å². The standard InChI is InChI=1S/C16H19N5/c1-4-7-13-15(18-2)19-11-20-16(13)21(3)14-9-6-5-8-12(14)10-17/h5-6,8-9,11H,4,7H2,1-3H3,(H,18,19,20). The number of hydrogen-bond acceptors (Lipinski definition) is 5. The van der Waals surface area contributed by atoms with Crippen LogP contribution in [0.5, 0.6) is 0 Å². The lowest BCUT2D eigenvalue weighted by molar-refractivity contribution is 0.893. The number of hydrogen-bond donors (Lipinski definition) is 1. The van der Waals surface area contributed by atoms with Crippen molar-refractivity contribution in [3.63, 3.8) is 0 Å². The summed E-state index contributed by atoms with van der Waals surface area (Å²) in [6.45, 7) is 2.12. The van der Waals surface area contributed by atoms with E-state index in [0.717, 1.165) is 35.7 Å². The van der Waals surface area contributed by atoms with Gasteiger partial charge in [-0.2, -0.15) is 5.26 Å². The van der Waals surface area contributed by atoms with E-state index in [1.165, 1.54) is 0 Å². The molecule has 1 aromatic carbocycles. The van der Waals surface area contributed by atoms with Crippen LogP contribution >= 0.6 is 0 Å². The first-order chi connectivity index (χ1) is 10.2. The Balaban J connectivity index is 2.53. The Labute approximate surface area is 125 Å². The number of nitrogens with zero attached hydrogens (tertiary/aromatic N) is 4. The molecule has 1 N–H and O–H groups in total. The van der Waals surface area contributed by atoms with E-state index < -0.39 is 0 Å². The predicted molar refractivity (Wildman–Crippen MR) is 84.8 cm³/mol. The highest BCUT2D eigenvalue weighted by molar-refractivity contribution is 5.71. The summed E-state index contributed by atoms with van der Waals surface area (Å²) < 4.78 is 0. The smallest absolute Gasteiger partial charge is 0.141 e. The van der Waals surface area contributed by atoms with E-state index in [0.29, 0.717) is 5.56 Å². The molecule has 0 fully saturated rings. The quantitative estimate of drug-likeness (QED) is 0.912. The van der Waals surface area contributed by atoms with Gasteiger partial charge in [-0.15, -0.1) is 0 Å². The topological polar surface area (TPSA) is 64.8 Å². The van der Waals surface area contributed by atoms with E-state index in [1.54, 1.807) is 6.33 Å². The van der Waals surface area contributed by atoms with Gasteiger partial charge in [0.1, 0.15) is 24.0 Å². The fourth-order valence-electron chi connectivity index (χ4n) is 2.36. The fraction of sp³-hybridized carbons (Fsp3) is 0.312. The summed E-state index contributed by atoms with van der Waals surface area (Å²) in [5.74, 6) is 1.67. The van der Waals surface area contributed by atoms with Crippen LogP contribution in [0.3, 0.4) is 0 Å². The molecule has 0 spiro atoms. The summed E-state index contributed by atoms with van der Waals surface area (Å²) >= 11 is 0. The molecule has 0 bridgehead atoms. The second kappa shape index (κ2) is 6.71. The summed E-state index contributed by atoms with van der Waals surface area (Å²) in [6, 6.07) is 9.75. The summed E-state index contributed by atoms with van der Waals surface area (Å²) in [6.07, 6.45) is 3.43. The van der Waals surface area contributed by atoms with Crippen molar-refractivity contribution < 1.29 is 0 Å². The molecule has 2 rings (SSSR count). The lowest BCUT2D eigenvalue weighted by Crippen LogP contribution is -2.16. The molecule has 2 aromatic rings. The van der Waals surface area contributed by atoms with Gasteiger partial charge in [0, 0.05) is 19.7 Å². The van der Waals surface area contributed by atoms with Crippen LogP contribution in [0.2, 0.25) is 0 Å². The Morgan fingerprint density at radius 2 is 2.05 bits per heavy atom. The molecule has 0 aliphatic carbocycles. The molecule has 5 nitrogen and oxygen atoms in total. The fourth-order valence-corrected chi connectivity index (χ4v) is 2.36. The Kier molecular flexibility index (Phi) is 4.72. The number of nitriles is 1. The highest BCUT2D eigenvalue weighted by atomic mass is 15.2. The van der Waals surface area contributed by atoms with Crippen molar-refractivity contribution in [2.45, 2.75) is 19.8 Å². The summed E-state index contributed by atoms with van der Waals surface area (Å²) in [4.78, 5) is 10.7. The molecule has 0 aliphatic heterocycles. The van der Waals surface area contributed by atoms with Gasteiger partial charge in [0.05, 0.1) is 11.3 Å². The maximum Gasteiger partial charge on any atom is 0.141 e. The van der Waals surface area contributed by atoms with Gasteiger partial charge in [-0.1, -0.05) is 25.5 Å². The number of aromatic nitrogens is 2. The molecule has 0 aliphatic rings. The van der Waals surface area contributed by atoms with Gasteiger partial charge in [-0.25, -0.2) is 9.97 Å². The molecule has 0 unspecified atom stereocenters. The van der Waals surface area contributed by atoms with E-state index in [1.807, 2.05) is 43.3 Å². The average Bonchev–Trinajstić information content (AvgIpc) is 2.54. The third-order valence-corrected chi connectivity index (χ3v) is 3.36. The molecule has 21 heavy (non-hydrogen) atoms. The predicted octanol–water partition coefficient (Wildman–Crippen LogP) is 3.11. The van der Waals surface area contributed by atoms with Gasteiger partial charge in [0.2, 0.25) is 0 Å². The molecule has 0 atom stereocenters. The maximum absolute atomic E-state index is 9.27. The Bertz CT molecular complexity index is 660. The molecular weight excluding hydrogens is 262 g/mol. The third-order valence-electron chi connectivity index (χ3n) is 3.36. The first-order valence-electron chi connectivity index (χ1n) is 6.97. The zero-order valence-electron chi connectivity index (χ0n) is 12.6. The normalized spacial score (nSPS) is 10.0. The number of rotatable bonds is 5. The molecule has 1 aromatic heterocycles. The minimum atomic E-state index is 0.632. The van der Waals surface area contributed by atoms with Crippen LogP contribution in [0.1, 0.15) is 24.5 Å². The van der Waals surface area contributed by atoms with Gasteiger partial charge >= 0.3 is 0 Å². The lowest BCUT2D eigenvalue weighted by atomic mass is 10.1. The van der Waals surface area contributed by atoms with E-state index in [9.17, 15) is 5.26 Å². The molecule has 5 heteroatoms. The minimum absolute atomic E-state index is 0.632. The number of anilines is 3. The molecule has 0 saturated heterocycles. The second-order valence-electron chi connectivity index (χ2n) is 4.71. The average molecular weight is 281 g/mol. The summed E-state index contributed by atoms with van der Waals surface area (Å²) in [7, 11) is 3.78. The van der Waals surface area contributed by atoms with E-state index in [2.05, 4.69) is 28.3 Å². The molecule has 1 heterocycles. The number of nitrogens with one attached hydrogen (secondary N) is 1. The van der Waals surface area contributed by atoms with Crippen molar-refractivity contribution in [1.29, 1.82) is 5.26 Å². The van der Waals surface area contributed by atoms with Crippen LogP contribution in [-0.2, 0) is 6.42 Å². The van der Waals surface area contributed by atoms with Gasteiger partial charge in [0.15, 0.2) is 0 Å². The SMILES string of the molecule is CCCc1c(NC)ncnc1N(C)c1ccccc1C#N. The number of para-hydroxylation sites is 1. The van der Waals surface area contributed by atoms with E-state index >= 15 is 0 Å². The first-order valence-corrected chi connectivity index (χ1v) is 6.97. The first kappa shape index (κ1) is 14.8. The van der Waals surface area contributed by atoms with Crippen LogP contribution in [0.15, 0.2) is 30.6 Å². The highest BCUT2D eigenvalue weighted by Gasteiger charge is 2.16. The lowest BCUT2D eigenvalue weighted by Gasteiger charge is -2.23. The van der Waals surface area contributed by atoms with Crippen molar-refractivity contribution in [3.8, 4) is 6.07 Å². The Morgan fingerprint density at radius 1 is 1.29 bits per heavy atom. The van der Waals surface area contributed by atoms with Gasteiger partial charge in [-0.3, -0.25) is 0 Å². The summed E-state index contributed by atoms with van der Waals surface area (Å²) in [5.41, 5.74) is 2.54. The van der Waals surface area contributed by atoms with Crippen molar-refractivity contribution in [1.82, 2.24) is 9.97 Å². The molecule has 0 radical (unpaired) electrons. The molecule has 0 amide bonds. The van der Waals surface area contributed by atoms with Crippen LogP contribution in [0.25, 0.3) is 0 Å². The Hall–Kier alpha value is -2.61. The molecule has 108 valence electrons. The van der Waals surface area contributed by atoms with Gasteiger partial charge in [-0.05, 0) is 18.6 Å².